The summed E-state index contributed by atoms with van der Waals surface area (Å²) in [6, 6.07) is 0.734. The predicted molar refractivity (Wildman–Crippen MR) is 80.2 cm³/mol. The first-order valence-corrected chi connectivity index (χ1v) is 7.97. The molecule has 1 aromatic heterocycles. The van der Waals surface area contributed by atoms with Gasteiger partial charge in [0, 0.05) is 31.7 Å². The third kappa shape index (κ3) is 3.02. The number of halogens is 1. The molecule has 3 rings (SSSR count). The highest BCUT2D eigenvalue weighted by Crippen LogP contribution is 2.35. The molecule has 1 unspecified atom stereocenters. The maximum absolute atomic E-state index is 6.43. The highest BCUT2D eigenvalue weighted by molar-refractivity contribution is 6.31. The summed E-state index contributed by atoms with van der Waals surface area (Å²) in [5.41, 5.74) is 2.24. The molecule has 20 heavy (non-hydrogen) atoms. The van der Waals surface area contributed by atoms with Crippen LogP contribution >= 0.6 is 11.6 Å². The van der Waals surface area contributed by atoms with E-state index in [0.29, 0.717) is 0 Å². The van der Waals surface area contributed by atoms with Gasteiger partial charge in [-0.05, 0) is 39.0 Å². The standard InChI is InChI=1S/C15H24ClN3O/c1-11-14(16)13(19(2)18-11)8-15(6-3-7-20-10-15)9-17-12-4-5-12/h12,17H,3-10H2,1-2H3. The molecule has 1 aliphatic heterocycles. The molecule has 0 bridgehead atoms. The molecule has 1 N–H and O–H groups in total. The summed E-state index contributed by atoms with van der Waals surface area (Å²) < 4.78 is 7.72. The van der Waals surface area contributed by atoms with Crippen LogP contribution in [-0.2, 0) is 18.2 Å². The van der Waals surface area contributed by atoms with E-state index in [1.165, 1.54) is 19.3 Å². The van der Waals surface area contributed by atoms with Crippen molar-refractivity contribution < 1.29 is 4.74 Å². The Bertz CT molecular complexity index is 476. The second-order valence-electron chi connectivity index (χ2n) is 6.46. The molecule has 5 heteroatoms. The predicted octanol–water partition coefficient (Wildman–Crippen LogP) is 2.47. The molecule has 0 amide bonds. The number of rotatable bonds is 5. The molecule has 2 heterocycles. The van der Waals surface area contributed by atoms with E-state index in [1.807, 2.05) is 18.7 Å². The van der Waals surface area contributed by atoms with E-state index >= 15 is 0 Å². The Morgan fingerprint density at radius 1 is 1.50 bits per heavy atom. The van der Waals surface area contributed by atoms with Crippen molar-refractivity contribution in [3.05, 3.63) is 16.4 Å². The van der Waals surface area contributed by atoms with Gasteiger partial charge in [-0.3, -0.25) is 4.68 Å². The summed E-state index contributed by atoms with van der Waals surface area (Å²) in [6.07, 6.45) is 5.93. The van der Waals surface area contributed by atoms with Crippen molar-refractivity contribution in [3.63, 3.8) is 0 Å². The fraction of sp³-hybridized carbons (Fsp3) is 0.800. The average Bonchev–Trinajstić information content (AvgIpc) is 3.23. The minimum Gasteiger partial charge on any atom is -0.381 e. The molecular formula is C15H24ClN3O. The molecule has 1 saturated carbocycles. The summed E-state index contributed by atoms with van der Waals surface area (Å²) in [5.74, 6) is 0. The lowest BCUT2D eigenvalue weighted by Gasteiger charge is -2.37. The largest absolute Gasteiger partial charge is 0.381 e. The number of aromatic nitrogens is 2. The van der Waals surface area contributed by atoms with Crippen molar-refractivity contribution in [2.45, 2.75) is 45.1 Å². The molecule has 0 spiro atoms. The van der Waals surface area contributed by atoms with E-state index in [0.717, 1.165) is 55.1 Å². The molecule has 1 atom stereocenters. The molecule has 1 aromatic rings. The summed E-state index contributed by atoms with van der Waals surface area (Å²) in [4.78, 5) is 0. The van der Waals surface area contributed by atoms with Gasteiger partial charge < -0.3 is 10.1 Å². The van der Waals surface area contributed by atoms with Gasteiger partial charge in [0.2, 0.25) is 0 Å². The Kier molecular flexibility index (Phi) is 4.07. The van der Waals surface area contributed by atoms with Crippen LogP contribution in [0.2, 0.25) is 5.02 Å². The van der Waals surface area contributed by atoms with E-state index in [-0.39, 0.29) is 5.41 Å². The third-order valence-electron chi connectivity index (χ3n) is 4.55. The van der Waals surface area contributed by atoms with Crippen molar-refractivity contribution in [1.29, 1.82) is 0 Å². The van der Waals surface area contributed by atoms with Gasteiger partial charge in [-0.25, -0.2) is 0 Å². The van der Waals surface area contributed by atoms with E-state index in [4.69, 9.17) is 16.3 Å². The van der Waals surface area contributed by atoms with Crippen LogP contribution in [0, 0.1) is 12.3 Å². The smallest absolute Gasteiger partial charge is 0.0847 e. The summed E-state index contributed by atoms with van der Waals surface area (Å²) in [7, 11) is 1.99. The van der Waals surface area contributed by atoms with Gasteiger partial charge in [0.25, 0.3) is 0 Å². The fourth-order valence-electron chi connectivity index (χ4n) is 3.13. The lowest BCUT2D eigenvalue weighted by atomic mass is 9.78. The molecule has 2 aliphatic rings. The van der Waals surface area contributed by atoms with E-state index in [2.05, 4.69) is 10.4 Å². The Morgan fingerprint density at radius 3 is 2.85 bits per heavy atom. The van der Waals surface area contributed by atoms with Crippen molar-refractivity contribution in [2.24, 2.45) is 12.5 Å². The SMILES string of the molecule is Cc1nn(C)c(CC2(CNC3CC3)CCCOC2)c1Cl. The van der Waals surface area contributed by atoms with Crippen LogP contribution in [0.3, 0.4) is 0 Å². The van der Waals surface area contributed by atoms with Crippen molar-refractivity contribution in [2.75, 3.05) is 19.8 Å². The zero-order valence-electron chi connectivity index (χ0n) is 12.4. The zero-order valence-corrected chi connectivity index (χ0v) is 13.2. The van der Waals surface area contributed by atoms with Crippen LogP contribution in [0.4, 0.5) is 0 Å². The first kappa shape index (κ1) is 14.4. The topological polar surface area (TPSA) is 39.1 Å². The number of ether oxygens (including phenoxy) is 1. The number of hydrogen-bond donors (Lipinski definition) is 1. The number of nitrogens with zero attached hydrogens (tertiary/aromatic N) is 2. The van der Waals surface area contributed by atoms with Gasteiger partial charge >= 0.3 is 0 Å². The maximum atomic E-state index is 6.43. The molecular weight excluding hydrogens is 274 g/mol. The monoisotopic (exact) mass is 297 g/mol. The number of aryl methyl sites for hydroxylation is 2. The fourth-order valence-corrected chi connectivity index (χ4v) is 3.35. The molecule has 1 saturated heterocycles. The molecule has 0 aromatic carbocycles. The Hall–Kier alpha value is -0.580. The van der Waals surface area contributed by atoms with Gasteiger partial charge in [0.1, 0.15) is 0 Å². The summed E-state index contributed by atoms with van der Waals surface area (Å²) in [6.45, 7) is 4.72. The molecule has 4 nitrogen and oxygen atoms in total. The second-order valence-corrected chi connectivity index (χ2v) is 6.84. The minimum atomic E-state index is 0.171. The Morgan fingerprint density at radius 2 is 2.30 bits per heavy atom. The Labute approximate surface area is 125 Å². The van der Waals surface area contributed by atoms with E-state index in [9.17, 15) is 0 Å². The summed E-state index contributed by atoms with van der Waals surface area (Å²) in [5, 5.41) is 8.94. The van der Waals surface area contributed by atoms with Crippen LogP contribution in [-0.4, -0.2) is 35.6 Å². The lowest BCUT2D eigenvalue weighted by Crippen LogP contribution is -2.43. The van der Waals surface area contributed by atoms with Gasteiger partial charge in [-0.15, -0.1) is 0 Å². The van der Waals surface area contributed by atoms with E-state index in [1.54, 1.807) is 0 Å². The Balaban J connectivity index is 1.77. The first-order chi connectivity index (χ1) is 9.60. The van der Waals surface area contributed by atoms with Gasteiger partial charge in [-0.1, -0.05) is 11.6 Å². The normalized spacial score (nSPS) is 26.9. The average molecular weight is 298 g/mol. The molecule has 0 radical (unpaired) electrons. The highest BCUT2D eigenvalue weighted by atomic mass is 35.5. The van der Waals surface area contributed by atoms with Crippen LogP contribution in [0.25, 0.3) is 0 Å². The van der Waals surface area contributed by atoms with Crippen LogP contribution in [0.5, 0.6) is 0 Å². The van der Waals surface area contributed by atoms with E-state index < -0.39 is 0 Å². The summed E-state index contributed by atoms with van der Waals surface area (Å²) >= 11 is 6.43. The minimum absolute atomic E-state index is 0.171. The lowest BCUT2D eigenvalue weighted by molar-refractivity contribution is -0.00823. The molecule has 112 valence electrons. The quantitative estimate of drug-likeness (QED) is 0.907. The number of hydrogen-bond acceptors (Lipinski definition) is 3. The first-order valence-electron chi connectivity index (χ1n) is 7.59. The second kappa shape index (κ2) is 5.66. The third-order valence-corrected chi connectivity index (χ3v) is 5.04. The molecule has 1 aliphatic carbocycles. The molecule has 2 fully saturated rings. The van der Waals surface area contributed by atoms with Gasteiger partial charge in [0.05, 0.1) is 23.0 Å². The van der Waals surface area contributed by atoms with Gasteiger partial charge in [-0.2, -0.15) is 5.10 Å². The van der Waals surface area contributed by atoms with Crippen molar-refractivity contribution in [1.82, 2.24) is 15.1 Å². The van der Waals surface area contributed by atoms with Crippen LogP contribution in [0.1, 0.15) is 37.1 Å². The van der Waals surface area contributed by atoms with Crippen LogP contribution < -0.4 is 5.32 Å². The van der Waals surface area contributed by atoms with Gasteiger partial charge in [0.15, 0.2) is 0 Å². The van der Waals surface area contributed by atoms with Crippen molar-refractivity contribution >= 4 is 11.6 Å². The van der Waals surface area contributed by atoms with Crippen molar-refractivity contribution in [3.8, 4) is 0 Å². The highest BCUT2D eigenvalue weighted by Gasteiger charge is 2.36. The number of nitrogens with one attached hydrogen (secondary N) is 1. The zero-order chi connectivity index (χ0) is 14.2. The van der Waals surface area contributed by atoms with Crippen LogP contribution in [0.15, 0.2) is 0 Å². The maximum Gasteiger partial charge on any atom is 0.0847 e.